The van der Waals surface area contributed by atoms with Crippen molar-refractivity contribution in [1.82, 2.24) is 4.31 Å². The molecule has 1 aromatic rings. The minimum atomic E-state index is -3.80. The molecule has 0 aliphatic carbocycles. The molecule has 0 amide bonds. The number of nitrogens with two attached hydrogens (primary N) is 1. The monoisotopic (exact) mass is 312 g/mol. The summed E-state index contributed by atoms with van der Waals surface area (Å²) in [7, 11) is -3.80. The average molecular weight is 312 g/mol. The van der Waals surface area contributed by atoms with Crippen molar-refractivity contribution in [3.63, 3.8) is 0 Å². The second-order valence-electron chi connectivity index (χ2n) is 5.23. The quantitative estimate of drug-likeness (QED) is 0.830. The Balaban J connectivity index is 2.40. The van der Waals surface area contributed by atoms with Crippen molar-refractivity contribution in [2.24, 2.45) is 0 Å². The third-order valence-corrected chi connectivity index (χ3v) is 5.62. The number of hydrogen-bond donors (Lipinski definition) is 2. The predicted octanol–water partition coefficient (Wildman–Crippen LogP) is 1.92. The van der Waals surface area contributed by atoms with Crippen molar-refractivity contribution in [2.75, 3.05) is 18.8 Å². The Bertz CT molecular complexity index is 620. The molecular weight excluding hydrogens is 292 g/mol. The number of sulfonamides is 1. The van der Waals surface area contributed by atoms with E-state index in [1.54, 1.807) is 0 Å². The third-order valence-electron chi connectivity index (χ3n) is 3.67. The molecule has 1 aliphatic rings. The van der Waals surface area contributed by atoms with Crippen LogP contribution in [-0.2, 0) is 10.0 Å². The smallest absolute Gasteiger partial charge is 0.337 e. The van der Waals surface area contributed by atoms with Gasteiger partial charge in [-0.3, -0.25) is 0 Å². The van der Waals surface area contributed by atoms with Gasteiger partial charge in [0.1, 0.15) is 0 Å². The van der Waals surface area contributed by atoms with E-state index in [4.69, 9.17) is 5.73 Å². The Morgan fingerprint density at radius 2 is 1.67 bits per heavy atom. The first kappa shape index (κ1) is 15.8. The van der Waals surface area contributed by atoms with Gasteiger partial charge < -0.3 is 10.8 Å². The van der Waals surface area contributed by atoms with E-state index in [0.717, 1.165) is 32.1 Å². The van der Waals surface area contributed by atoms with Crippen LogP contribution in [0.1, 0.15) is 42.5 Å². The fourth-order valence-corrected chi connectivity index (χ4v) is 4.22. The number of anilines is 1. The van der Waals surface area contributed by atoms with Crippen molar-refractivity contribution in [3.8, 4) is 0 Å². The molecule has 0 unspecified atom stereocenters. The lowest BCUT2D eigenvalue weighted by molar-refractivity contribution is 0.0692. The highest BCUT2D eigenvalue weighted by molar-refractivity contribution is 7.89. The highest BCUT2D eigenvalue weighted by Gasteiger charge is 2.29. The molecule has 2 rings (SSSR count). The molecule has 116 valence electrons. The fraction of sp³-hybridized carbons (Fsp3) is 0.500. The first-order chi connectivity index (χ1) is 9.93. The van der Waals surface area contributed by atoms with E-state index in [0.29, 0.717) is 13.1 Å². The Morgan fingerprint density at radius 3 is 2.24 bits per heavy atom. The number of carboxylic acids is 1. The zero-order chi connectivity index (χ0) is 15.5. The summed E-state index contributed by atoms with van der Waals surface area (Å²) in [6.07, 6.45) is 4.72. The summed E-state index contributed by atoms with van der Waals surface area (Å²) >= 11 is 0. The SMILES string of the molecule is Nc1ccc(S(=O)(=O)N2CCCCCCC2)c(C(=O)O)c1. The van der Waals surface area contributed by atoms with E-state index in [1.807, 2.05) is 0 Å². The van der Waals surface area contributed by atoms with E-state index >= 15 is 0 Å². The number of rotatable bonds is 3. The highest BCUT2D eigenvalue weighted by atomic mass is 32.2. The molecule has 1 heterocycles. The number of aromatic carboxylic acids is 1. The maximum Gasteiger partial charge on any atom is 0.337 e. The van der Waals surface area contributed by atoms with Gasteiger partial charge in [0, 0.05) is 18.8 Å². The summed E-state index contributed by atoms with van der Waals surface area (Å²) in [6, 6.07) is 3.90. The second-order valence-corrected chi connectivity index (χ2v) is 7.14. The lowest BCUT2D eigenvalue weighted by atomic mass is 10.1. The number of carbonyl (C=O) groups is 1. The topological polar surface area (TPSA) is 101 Å². The highest BCUT2D eigenvalue weighted by Crippen LogP contribution is 2.24. The lowest BCUT2D eigenvalue weighted by Gasteiger charge is -2.24. The van der Waals surface area contributed by atoms with E-state index in [-0.39, 0.29) is 16.1 Å². The molecule has 1 aromatic carbocycles. The van der Waals surface area contributed by atoms with Crippen LogP contribution in [-0.4, -0.2) is 36.9 Å². The molecule has 0 aromatic heterocycles. The summed E-state index contributed by atoms with van der Waals surface area (Å²) in [6.45, 7) is 0.873. The molecular formula is C14H20N2O4S. The summed E-state index contributed by atoms with van der Waals surface area (Å²) in [5.41, 5.74) is 5.53. The van der Waals surface area contributed by atoms with Gasteiger partial charge in [0.2, 0.25) is 10.0 Å². The first-order valence-electron chi connectivity index (χ1n) is 7.06. The molecule has 0 radical (unpaired) electrons. The van der Waals surface area contributed by atoms with E-state index < -0.39 is 16.0 Å². The van der Waals surface area contributed by atoms with Crippen LogP contribution in [0.15, 0.2) is 23.1 Å². The van der Waals surface area contributed by atoms with Crippen LogP contribution in [0.5, 0.6) is 0 Å². The van der Waals surface area contributed by atoms with Gasteiger partial charge in [0.15, 0.2) is 0 Å². The predicted molar refractivity (Wildman–Crippen MR) is 79.7 cm³/mol. The fourth-order valence-electron chi connectivity index (χ4n) is 2.54. The molecule has 1 saturated heterocycles. The van der Waals surface area contributed by atoms with E-state index in [2.05, 4.69) is 0 Å². The normalized spacial score (nSPS) is 17.9. The van der Waals surface area contributed by atoms with E-state index in [1.165, 1.54) is 22.5 Å². The van der Waals surface area contributed by atoms with Crippen molar-refractivity contribution < 1.29 is 18.3 Å². The summed E-state index contributed by atoms with van der Waals surface area (Å²) in [4.78, 5) is 11.1. The summed E-state index contributed by atoms with van der Waals surface area (Å²) < 4.78 is 26.8. The number of nitrogen functional groups attached to an aromatic ring is 1. The van der Waals surface area contributed by atoms with Crippen molar-refractivity contribution in [1.29, 1.82) is 0 Å². The van der Waals surface area contributed by atoms with Crippen LogP contribution in [0.4, 0.5) is 5.69 Å². The van der Waals surface area contributed by atoms with Gasteiger partial charge in [0.25, 0.3) is 0 Å². The van der Waals surface area contributed by atoms with Crippen LogP contribution in [0.25, 0.3) is 0 Å². The van der Waals surface area contributed by atoms with Crippen LogP contribution >= 0.6 is 0 Å². The molecule has 1 fully saturated rings. The molecule has 0 atom stereocenters. The zero-order valence-corrected chi connectivity index (χ0v) is 12.6. The molecule has 1 aliphatic heterocycles. The molecule has 0 spiro atoms. The van der Waals surface area contributed by atoms with Gasteiger partial charge in [-0.2, -0.15) is 4.31 Å². The standard InChI is InChI=1S/C14H20N2O4S/c15-11-6-7-13(12(10-11)14(17)18)21(19,20)16-8-4-2-1-3-5-9-16/h6-7,10H,1-5,8-9,15H2,(H,17,18). The van der Waals surface area contributed by atoms with Crippen LogP contribution in [0.2, 0.25) is 0 Å². The maximum absolute atomic E-state index is 12.7. The van der Waals surface area contributed by atoms with Gasteiger partial charge in [0.05, 0.1) is 10.5 Å². The molecule has 7 heteroatoms. The lowest BCUT2D eigenvalue weighted by Crippen LogP contribution is -2.34. The average Bonchev–Trinajstić information content (AvgIpc) is 2.37. The van der Waals surface area contributed by atoms with Gasteiger partial charge in [-0.15, -0.1) is 0 Å². The van der Waals surface area contributed by atoms with Crippen LogP contribution in [0.3, 0.4) is 0 Å². The number of carboxylic acid groups (broad SMARTS) is 1. The van der Waals surface area contributed by atoms with Gasteiger partial charge in [-0.05, 0) is 31.0 Å². The van der Waals surface area contributed by atoms with Gasteiger partial charge >= 0.3 is 5.97 Å². The van der Waals surface area contributed by atoms with Crippen molar-refractivity contribution in [2.45, 2.75) is 37.0 Å². The van der Waals surface area contributed by atoms with E-state index in [9.17, 15) is 18.3 Å². The number of nitrogens with zero attached hydrogens (tertiary/aromatic N) is 1. The largest absolute Gasteiger partial charge is 0.478 e. The summed E-state index contributed by atoms with van der Waals surface area (Å²) in [5.74, 6) is -1.28. The van der Waals surface area contributed by atoms with Crippen LogP contribution < -0.4 is 5.73 Å². The number of benzene rings is 1. The molecule has 21 heavy (non-hydrogen) atoms. The third kappa shape index (κ3) is 3.54. The van der Waals surface area contributed by atoms with Crippen molar-refractivity contribution in [3.05, 3.63) is 23.8 Å². The van der Waals surface area contributed by atoms with Gasteiger partial charge in [-0.25, -0.2) is 13.2 Å². The minimum absolute atomic E-state index is 0.176. The molecule has 0 saturated carbocycles. The summed E-state index contributed by atoms with van der Waals surface area (Å²) in [5, 5.41) is 9.21. The Kier molecular flexibility index (Phi) is 4.84. The minimum Gasteiger partial charge on any atom is -0.478 e. The maximum atomic E-state index is 12.7. The number of hydrogen-bond acceptors (Lipinski definition) is 4. The Morgan fingerprint density at radius 1 is 1.10 bits per heavy atom. The van der Waals surface area contributed by atoms with Crippen LogP contribution in [0, 0.1) is 0 Å². The van der Waals surface area contributed by atoms with Gasteiger partial charge in [-0.1, -0.05) is 19.3 Å². The molecule has 3 N–H and O–H groups in total. The Hall–Kier alpha value is -1.60. The second kappa shape index (κ2) is 6.44. The zero-order valence-electron chi connectivity index (χ0n) is 11.8. The first-order valence-corrected chi connectivity index (χ1v) is 8.50. The Labute approximate surface area is 124 Å². The molecule has 0 bridgehead atoms. The van der Waals surface area contributed by atoms with Crippen molar-refractivity contribution >= 4 is 21.7 Å². The molecule has 6 nitrogen and oxygen atoms in total.